The van der Waals surface area contributed by atoms with Crippen LogP contribution in [0.2, 0.25) is 0 Å². The van der Waals surface area contributed by atoms with E-state index in [2.05, 4.69) is 22.6 Å². The Morgan fingerprint density at radius 3 is 2.71 bits per heavy atom. The number of nitrogens with two attached hydrogens (primary N) is 1. The van der Waals surface area contributed by atoms with Crippen LogP contribution in [0.25, 0.3) is 0 Å². The van der Waals surface area contributed by atoms with E-state index >= 15 is 0 Å². The highest BCUT2D eigenvalue weighted by molar-refractivity contribution is 14.1. The summed E-state index contributed by atoms with van der Waals surface area (Å²) in [4.78, 5) is 12.0. The van der Waals surface area contributed by atoms with Crippen LogP contribution in [0.1, 0.15) is 42.5 Å². The molecule has 2 rings (SSSR count). The first-order valence-corrected chi connectivity index (χ1v) is 7.00. The molecule has 0 amide bonds. The molecule has 0 spiro atoms. The van der Waals surface area contributed by atoms with Crippen molar-refractivity contribution in [3.63, 3.8) is 0 Å². The van der Waals surface area contributed by atoms with Gasteiger partial charge in [0.25, 0.3) is 0 Å². The van der Waals surface area contributed by atoms with E-state index in [4.69, 9.17) is 10.5 Å². The van der Waals surface area contributed by atoms with Crippen LogP contribution in [0.5, 0.6) is 0 Å². The molecule has 1 aliphatic carbocycles. The maximum Gasteiger partial charge on any atom is 0.340 e. The van der Waals surface area contributed by atoms with Gasteiger partial charge in [-0.15, -0.1) is 0 Å². The Labute approximate surface area is 115 Å². The Kier molecular flexibility index (Phi) is 4.25. The molecular formula is C13H16INO2. The van der Waals surface area contributed by atoms with Crippen molar-refractivity contribution < 1.29 is 9.53 Å². The second-order valence-corrected chi connectivity index (χ2v) is 5.64. The molecule has 1 saturated carbocycles. The summed E-state index contributed by atoms with van der Waals surface area (Å²) in [6, 6.07) is 5.41. The lowest BCUT2D eigenvalue weighted by Gasteiger charge is -2.22. The first kappa shape index (κ1) is 12.7. The summed E-state index contributed by atoms with van der Waals surface area (Å²) in [5.41, 5.74) is 6.77. The van der Waals surface area contributed by atoms with Crippen LogP contribution < -0.4 is 5.73 Å². The topological polar surface area (TPSA) is 52.3 Å². The van der Waals surface area contributed by atoms with E-state index in [1.54, 1.807) is 12.1 Å². The molecule has 0 unspecified atom stereocenters. The van der Waals surface area contributed by atoms with E-state index in [1.165, 1.54) is 6.42 Å². The molecule has 1 aliphatic rings. The number of rotatable bonds is 2. The number of anilines is 1. The van der Waals surface area contributed by atoms with Crippen LogP contribution in [-0.2, 0) is 4.74 Å². The first-order valence-electron chi connectivity index (χ1n) is 5.93. The average Bonchev–Trinajstić information content (AvgIpc) is 2.33. The first-order chi connectivity index (χ1) is 8.16. The minimum atomic E-state index is -0.284. The molecule has 0 aromatic heterocycles. The van der Waals surface area contributed by atoms with Crippen LogP contribution in [0.15, 0.2) is 18.2 Å². The third kappa shape index (κ3) is 3.34. The van der Waals surface area contributed by atoms with Gasteiger partial charge in [0.05, 0.1) is 5.56 Å². The highest BCUT2D eigenvalue weighted by atomic mass is 127. The lowest BCUT2D eigenvalue weighted by Crippen LogP contribution is -2.21. The molecule has 0 atom stereocenters. The number of ether oxygens (including phenoxy) is 1. The number of nitrogen functional groups attached to an aromatic ring is 1. The van der Waals surface area contributed by atoms with Gasteiger partial charge in [-0.2, -0.15) is 0 Å². The third-order valence-electron chi connectivity index (χ3n) is 3.06. The number of hydrogen-bond donors (Lipinski definition) is 1. The largest absolute Gasteiger partial charge is 0.459 e. The Bertz CT molecular complexity index is 414. The Morgan fingerprint density at radius 2 is 2.00 bits per heavy atom. The fraction of sp³-hybridized carbons (Fsp3) is 0.462. The Morgan fingerprint density at radius 1 is 1.29 bits per heavy atom. The van der Waals surface area contributed by atoms with Crippen LogP contribution in [-0.4, -0.2) is 12.1 Å². The molecule has 92 valence electrons. The van der Waals surface area contributed by atoms with Crippen molar-refractivity contribution in [3.05, 3.63) is 27.3 Å². The van der Waals surface area contributed by atoms with Gasteiger partial charge in [0.2, 0.25) is 0 Å². The zero-order valence-electron chi connectivity index (χ0n) is 9.62. The molecule has 1 aromatic carbocycles. The van der Waals surface area contributed by atoms with Crippen molar-refractivity contribution in [3.8, 4) is 0 Å². The van der Waals surface area contributed by atoms with Gasteiger partial charge < -0.3 is 10.5 Å². The predicted octanol–water partition coefficient (Wildman–Crippen LogP) is 3.36. The molecule has 0 heterocycles. The fourth-order valence-corrected chi connectivity index (χ4v) is 2.59. The lowest BCUT2D eigenvalue weighted by atomic mass is 9.98. The highest BCUT2D eigenvalue weighted by Crippen LogP contribution is 2.23. The molecule has 3 nitrogen and oxygen atoms in total. The molecule has 4 heteroatoms. The molecule has 1 aromatic rings. The molecule has 0 bridgehead atoms. The van der Waals surface area contributed by atoms with E-state index in [0.717, 1.165) is 29.3 Å². The summed E-state index contributed by atoms with van der Waals surface area (Å²) in [6.07, 6.45) is 5.60. The second kappa shape index (κ2) is 5.71. The van der Waals surface area contributed by atoms with Gasteiger partial charge in [-0.1, -0.05) is 6.42 Å². The Balaban J connectivity index is 2.05. The summed E-state index contributed by atoms with van der Waals surface area (Å²) in [6.45, 7) is 0. The zero-order valence-corrected chi connectivity index (χ0v) is 11.8. The fourth-order valence-electron chi connectivity index (χ4n) is 2.10. The quantitative estimate of drug-likeness (QED) is 0.508. The van der Waals surface area contributed by atoms with E-state index in [9.17, 15) is 4.79 Å². The molecule has 0 radical (unpaired) electrons. The lowest BCUT2D eigenvalue weighted by molar-refractivity contribution is 0.0212. The third-order valence-corrected chi connectivity index (χ3v) is 3.73. The van der Waals surface area contributed by atoms with Crippen LogP contribution in [0.3, 0.4) is 0 Å². The summed E-state index contributed by atoms with van der Waals surface area (Å²) >= 11 is 2.16. The standard InChI is InChI=1S/C13H16INO2/c14-9-6-7-12(15)11(8-9)13(16)17-10-4-2-1-3-5-10/h6-8,10H,1-5,15H2. The van der Waals surface area contributed by atoms with Gasteiger partial charge in [0, 0.05) is 9.26 Å². The smallest absolute Gasteiger partial charge is 0.340 e. The van der Waals surface area contributed by atoms with Crippen molar-refractivity contribution in [2.75, 3.05) is 5.73 Å². The number of esters is 1. The monoisotopic (exact) mass is 345 g/mol. The van der Waals surface area contributed by atoms with E-state index < -0.39 is 0 Å². The molecule has 2 N–H and O–H groups in total. The van der Waals surface area contributed by atoms with Crippen LogP contribution >= 0.6 is 22.6 Å². The predicted molar refractivity (Wildman–Crippen MR) is 75.9 cm³/mol. The van der Waals surface area contributed by atoms with Gasteiger partial charge in [-0.25, -0.2) is 4.79 Å². The summed E-state index contributed by atoms with van der Waals surface area (Å²) in [5.74, 6) is -0.284. The van der Waals surface area contributed by atoms with Gasteiger partial charge >= 0.3 is 5.97 Å². The molecule has 0 saturated heterocycles. The number of benzene rings is 1. The van der Waals surface area contributed by atoms with E-state index in [0.29, 0.717) is 11.3 Å². The summed E-state index contributed by atoms with van der Waals surface area (Å²) in [7, 11) is 0. The highest BCUT2D eigenvalue weighted by Gasteiger charge is 2.20. The van der Waals surface area contributed by atoms with Gasteiger partial charge in [0.1, 0.15) is 6.10 Å². The number of hydrogen-bond acceptors (Lipinski definition) is 3. The van der Waals surface area contributed by atoms with Crippen LogP contribution in [0, 0.1) is 3.57 Å². The second-order valence-electron chi connectivity index (χ2n) is 4.40. The minimum Gasteiger partial charge on any atom is -0.459 e. The molecule has 0 aliphatic heterocycles. The molecule has 1 fully saturated rings. The van der Waals surface area contributed by atoms with E-state index in [1.807, 2.05) is 6.07 Å². The summed E-state index contributed by atoms with van der Waals surface area (Å²) in [5, 5.41) is 0. The average molecular weight is 345 g/mol. The minimum absolute atomic E-state index is 0.0773. The van der Waals surface area contributed by atoms with Crippen LogP contribution in [0.4, 0.5) is 5.69 Å². The van der Waals surface area contributed by atoms with Gasteiger partial charge in [0.15, 0.2) is 0 Å². The molecule has 17 heavy (non-hydrogen) atoms. The number of carbonyl (C=O) groups is 1. The number of carbonyl (C=O) groups excluding carboxylic acids is 1. The van der Waals surface area contributed by atoms with Gasteiger partial charge in [-0.3, -0.25) is 0 Å². The maximum atomic E-state index is 12.0. The van der Waals surface area contributed by atoms with Crippen molar-refractivity contribution >= 4 is 34.2 Å². The normalized spacial score (nSPS) is 16.8. The number of halogens is 1. The Hall–Kier alpha value is -0.780. The van der Waals surface area contributed by atoms with Gasteiger partial charge in [-0.05, 0) is 66.5 Å². The zero-order chi connectivity index (χ0) is 12.3. The van der Waals surface area contributed by atoms with E-state index in [-0.39, 0.29) is 12.1 Å². The van der Waals surface area contributed by atoms with Crippen molar-refractivity contribution in [2.45, 2.75) is 38.2 Å². The van der Waals surface area contributed by atoms with Crippen molar-refractivity contribution in [2.24, 2.45) is 0 Å². The molecular weight excluding hydrogens is 329 g/mol. The van der Waals surface area contributed by atoms with Crippen molar-refractivity contribution in [1.82, 2.24) is 0 Å². The SMILES string of the molecule is Nc1ccc(I)cc1C(=O)OC1CCCCC1. The maximum absolute atomic E-state index is 12.0. The summed E-state index contributed by atoms with van der Waals surface area (Å²) < 4.78 is 6.48. The van der Waals surface area contributed by atoms with Crippen molar-refractivity contribution in [1.29, 1.82) is 0 Å².